The standard InChI is InChI=1S/C9H9FO/c1-2-7-3-8(6-11)5-9(10)4-7/h2-5,11H,1,6H2. The molecule has 0 radical (unpaired) electrons. The zero-order chi connectivity index (χ0) is 8.27. The van der Waals surface area contributed by atoms with E-state index in [1.165, 1.54) is 12.1 Å². The summed E-state index contributed by atoms with van der Waals surface area (Å²) in [6, 6.07) is 4.36. The Hall–Kier alpha value is -1.15. The van der Waals surface area contributed by atoms with Crippen LogP contribution in [0.25, 0.3) is 6.08 Å². The van der Waals surface area contributed by atoms with Gasteiger partial charge in [-0.2, -0.15) is 0 Å². The Morgan fingerprint density at radius 1 is 1.45 bits per heavy atom. The van der Waals surface area contributed by atoms with E-state index in [0.717, 1.165) is 0 Å². The van der Waals surface area contributed by atoms with Crippen molar-refractivity contribution in [3.8, 4) is 0 Å². The molecule has 58 valence electrons. The van der Waals surface area contributed by atoms with Gasteiger partial charge in [0.25, 0.3) is 0 Å². The van der Waals surface area contributed by atoms with Crippen LogP contribution in [0, 0.1) is 5.82 Å². The monoisotopic (exact) mass is 152 g/mol. The van der Waals surface area contributed by atoms with Gasteiger partial charge in [0.15, 0.2) is 0 Å². The average molecular weight is 152 g/mol. The van der Waals surface area contributed by atoms with Crippen LogP contribution in [0.15, 0.2) is 24.8 Å². The summed E-state index contributed by atoms with van der Waals surface area (Å²) in [6.07, 6.45) is 1.54. The van der Waals surface area contributed by atoms with E-state index < -0.39 is 0 Å². The molecule has 11 heavy (non-hydrogen) atoms. The molecule has 0 aliphatic heterocycles. The van der Waals surface area contributed by atoms with Crippen LogP contribution >= 0.6 is 0 Å². The number of benzene rings is 1. The number of hydrogen-bond acceptors (Lipinski definition) is 1. The Morgan fingerprint density at radius 3 is 2.73 bits per heavy atom. The fraction of sp³-hybridized carbons (Fsp3) is 0.111. The fourth-order valence-electron chi connectivity index (χ4n) is 0.885. The second-order valence-electron chi connectivity index (χ2n) is 2.26. The van der Waals surface area contributed by atoms with Crippen LogP contribution in [0.5, 0.6) is 0 Å². The van der Waals surface area contributed by atoms with Gasteiger partial charge in [-0.05, 0) is 29.3 Å². The molecular weight excluding hydrogens is 143 g/mol. The fourth-order valence-corrected chi connectivity index (χ4v) is 0.885. The molecule has 2 heteroatoms. The third kappa shape index (κ3) is 1.88. The zero-order valence-corrected chi connectivity index (χ0v) is 6.05. The summed E-state index contributed by atoms with van der Waals surface area (Å²) in [4.78, 5) is 0. The van der Waals surface area contributed by atoms with Gasteiger partial charge in [0, 0.05) is 0 Å². The quantitative estimate of drug-likeness (QED) is 0.686. The van der Waals surface area contributed by atoms with E-state index in [-0.39, 0.29) is 12.4 Å². The van der Waals surface area contributed by atoms with E-state index in [9.17, 15) is 4.39 Å². The third-order valence-corrected chi connectivity index (χ3v) is 1.40. The Balaban J connectivity index is 3.11. The van der Waals surface area contributed by atoms with Crippen LogP contribution in [-0.2, 0) is 6.61 Å². The molecule has 0 aromatic heterocycles. The normalized spacial score (nSPS) is 9.64. The van der Waals surface area contributed by atoms with Gasteiger partial charge in [-0.15, -0.1) is 0 Å². The molecule has 1 N–H and O–H groups in total. The van der Waals surface area contributed by atoms with Gasteiger partial charge in [0.1, 0.15) is 5.82 Å². The maximum Gasteiger partial charge on any atom is 0.124 e. The second kappa shape index (κ2) is 3.30. The molecule has 1 aromatic carbocycles. The smallest absolute Gasteiger partial charge is 0.124 e. The lowest BCUT2D eigenvalue weighted by molar-refractivity contribution is 0.281. The van der Waals surface area contributed by atoms with E-state index in [1.807, 2.05) is 0 Å². The van der Waals surface area contributed by atoms with E-state index in [0.29, 0.717) is 11.1 Å². The van der Waals surface area contributed by atoms with Crippen molar-refractivity contribution >= 4 is 6.08 Å². The topological polar surface area (TPSA) is 20.2 Å². The second-order valence-corrected chi connectivity index (χ2v) is 2.26. The molecule has 0 saturated heterocycles. The van der Waals surface area contributed by atoms with Crippen molar-refractivity contribution in [2.24, 2.45) is 0 Å². The molecule has 0 fully saturated rings. The Labute approximate surface area is 64.8 Å². The molecule has 0 unspecified atom stereocenters. The van der Waals surface area contributed by atoms with Crippen molar-refractivity contribution in [1.82, 2.24) is 0 Å². The summed E-state index contributed by atoms with van der Waals surface area (Å²) < 4.78 is 12.6. The van der Waals surface area contributed by atoms with Crippen LogP contribution in [0.4, 0.5) is 4.39 Å². The Kier molecular flexibility index (Phi) is 2.39. The molecule has 0 amide bonds. The molecule has 1 nitrogen and oxygen atoms in total. The largest absolute Gasteiger partial charge is 0.392 e. The summed E-state index contributed by atoms with van der Waals surface area (Å²) in [5.74, 6) is -0.341. The minimum absolute atomic E-state index is 0.140. The minimum Gasteiger partial charge on any atom is -0.392 e. The number of rotatable bonds is 2. The van der Waals surface area contributed by atoms with Gasteiger partial charge < -0.3 is 5.11 Å². The van der Waals surface area contributed by atoms with E-state index in [4.69, 9.17) is 5.11 Å². The summed E-state index contributed by atoms with van der Waals surface area (Å²) in [5, 5.41) is 8.68. The lowest BCUT2D eigenvalue weighted by atomic mass is 10.1. The molecular formula is C9H9FO. The third-order valence-electron chi connectivity index (χ3n) is 1.40. The lowest BCUT2D eigenvalue weighted by Gasteiger charge is -1.98. The molecule has 1 rings (SSSR count). The first-order valence-electron chi connectivity index (χ1n) is 3.29. The van der Waals surface area contributed by atoms with Crippen molar-refractivity contribution in [1.29, 1.82) is 0 Å². The summed E-state index contributed by atoms with van der Waals surface area (Å²) >= 11 is 0. The van der Waals surface area contributed by atoms with Gasteiger partial charge in [-0.1, -0.05) is 12.7 Å². The van der Waals surface area contributed by atoms with E-state index in [1.54, 1.807) is 12.1 Å². The van der Waals surface area contributed by atoms with Crippen molar-refractivity contribution in [2.45, 2.75) is 6.61 Å². The first kappa shape index (κ1) is 7.95. The van der Waals surface area contributed by atoms with Gasteiger partial charge in [0.2, 0.25) is 0 Å². The van der Waals surface area contributed by atoms with Crippen LogP contribution in [0.2, 0.25) is 0 Å². The zero-order valence-electron chi connectivity index (χ0n) is 6.05. The molecule has 0 atom stereocenters. The van der Waals surface area contributed by atoms with Crippen LogP contribution in [0.1, 0.15) is 11.1 Å². The van der Waals surface area contributed by atoms with E-state index >= 15 is 0 Å². The first-order valence-corrected chi connectivity index (χ1v) is 3.29. The molecule has 0 aliphatic rings. The predicted octanol–water partition coefficient (Wildman–Crippen LogP) is 1.96. The highest BCUT2D eigenvalue weighted by Crippen LogP contribution is 2.09. The minimum atomic E-state index is -0.341. The number of halogens is 1. The summed E-state index contributed by atoms with van der Waals surface area (Å²) in [5.41, 5.74) is 1.26. The van der Waals surface area contributed by atoms with Crippen LogP contribution < -0.4 is 0 Å². The predicted molar refractivity (Wildman–Crippen MR) is 42.4 cm³/mol. The summed E-state index contributed by atoms with van der Waals surface area (Å²) in [7, 11) is 0. The first-order chi connectivity index (χ1) is 5.26. The molecule has 0 saturated carbocycles. The number of aliphatic hydroxyl groups excluding tert-OH is 1. The number of hydrogen-bond donors (Lipinski definition) is 1. The number of aliphatic hydroxyl groups is 1. The Morgan fingerprint density at radius 2 is 2.18 bits per heavy atom. The van der Waals surface area contributed by atoms with Gasteiger partial charge >= 0.3 is 0 Å². The molecule has 0 aliphatic carbocycles. The van der Waals surface area contributed by atoms with Crippen LogP contribution in [-0.4, -0.2) is 5.11 Å². The van der Waals surface area contributed by atoms with Crippen molar-refractivity contribution in [3.63, 3.8) is 0 Å². The van der Waals surface area contributed by atoms with Gasteiger partial charge in [-0.3, -0.25) is 0 Å². The SMILES string of the molecule is C=Cc1cc(F)cc(CO)c1. The molecule has 0 heterocycles. The van der Waals surface area contributed by atoms with Crippen molar-refractivity contribution < 1.29 is 9.50 Å². The highest BCUT2D eigenvalue weighted by Gasteiger charge is 1.96. The van der Waals surface area contributed by atoms with Crippen molar-refractivity contribution in [2.75, 3.05) is 0 Å². The maximum absolute atomic E-state index is 12.6. The molecule has 0 bridgehead atoms. The molecule has 0 spiro atoms. The highest BCUT2D eigenvalue weighted by atomic mass is 19.1. The van der Waals surface area contributed by atoms with Crippen LogP contribution in [0.3, 0.4) is 0 Å². The molecule has 1 aromatic rings. The van der Waals surface area contributed by atoms with Gasteiger partial charge in [-0.25, -0.2) is 4.39 Å². The van der Waals surface area contributed by atoms with E-state index in [2.05, 4.69) is 6.58 Å². The average Bonchev–Trinajstić information content (AvgIpc) is 2.03. The Bertz CT molecular complexity index is 268. The van der Waals surface area contributed by atoms with Gasteiger partial charge in [0.05, 0.1) is 6.61 Å². The lowest BCUT2D eigenvalue weighted by Crippen LogP contribution is -1.86. The highest BCUT2D eigenvalue weighted by molar-refractivity contribution is 5.48. The van der Waals surface area contributed by atoms with Crippen molar-refractivity contribution in [3.05, 3.63) is 41.7 Å². The maximum atomic E-state index is 12.6. The summed E-state index contributed by atoms with van der Waals surface area (Å²) in [6.45, 7) is 3.36.